The molecule has 176 valence electrons. The van der Waals surface area contributed by atoms with E-state index in [1.54, 1.807) is 0 Å². The average Bonchev–Trinajstić information content (AvgIpc) is 2.84. The molecule has 0 aliphatic carbocycles. The molecule has 2 heterocycles. The van der Waals surface area contributed by atoms with E-state index in [1.165, 1.54) is 60.3 Å². The molecule has 3 aromatic rings. The fraction of sp³-hybridized carbons (Fsp3) is 0.200. The van der Waals surface area contributed by atoms with Gasteiger partial charge in [0.15, 0.2) is 0 Å². The first kappa shape index (κ1) is 23.3. The van der Waals surface area contributed by atoms with Crippen LogP contribution in [0.3, 0.4) is 0 Å². The Bertz CT molecular complexity index is 1350. The number of aryl methyl sites for hydroxylation is 1. The smallest absolute Gasteiger partial charge is 0.339 e. The number of aromatic carboxylic acids is 1. The number of methoxy groups -OCH3 is 1. The number of sulfonamides is 1. The Morgan fingerprint density at radius 3 is 2.50 bits per heavy atom. The molecule has 0 fully saturated rings. The van der Waals surface area contributed by atoms with E-state index in [-0.39, 0.29) is 16.1 Å². The summed E-state index contributed by atoms with van der Waals surface area (Å²) in [5.74, 6) is -0.346. The largest absolute Gasteiger partial charge is 0.497 e. The van der Waals surface area contributed by atoms with Crippen LogP contribution in [0, 0.1) is 6.92 Å². The molecule has 1 aliphatic rings. The first-order valence-electron chi connectivity index (χ1n) is 10.7. The van der Waals surface area contributed by atoms with E-state index in [9.17, 15) is 18.3 Å². The van der Waals surface area contributed by atoms with Gasteiger partial charge in [0, 0.05) is 13.1 Å². The molecular weight excluding hydrogens is 454 g/mol. The zero-order valence-corrected chi connectivity index (χ0v) is 19.7. The highest BCUT2D eigenvalue weighted by molar-refractivity contribution is 7.92. The van der Waals surface area contributed by atoms with Crippen LogP contribution in [0.15, 0.2) is 71.8 Å². The predicted octanol–water partition coefficient (Wildman–Crippen LogP) is 4.19. The molecule has 9 heteroatoms. The van der Waals surface area contributed by atoms with Crippen molar-refractivity contribution in [3.05, 3.63) is 83.6 Å². The Labute approximate surface area is 198 Å². The van der Waals surface area contributed by atoms with Gasteiger partial charge in [-0.2, -0.15) is 0 Å². The number of anilines is 2. The number of carboxylic acids is 1. The van der Waals surface area contributed by atoms with Gasteiger partial charge in [-0.15, -0.1) is 0 Å². The molecule has 0 atom stereocenters. The summed E-state index contributed by atoms with van der Waals surface area (Å²) >= 11 is 0. The van der Waals surface area contributed by atoms with Crippen LogP contribution in [0.25, 0.3) is 5.57 Å². The number of benzene rings is 2. The Balaban J connectivity index is 1.56. The van der Waals surface area contributed by atoms with Gasteiger partial charge >= 0.3 is 5.97 Å². The average molecular weight is 480 g/mol. The molecule has 8 nitrogen and oxygen atoms in total. The van der Waals surface area contributed by atoms with Gasteiger partial charge in [-0.25, -0.2) is 18.2 Å². The van der Waals surface area contributed by atoms with Gasteiger partial charge in [0.05, 0.1) is 23.9 Å². The van der Waals surface area contributed by atoms with Gasteiger partial charge < -0.3 is 14.7 Å². The van der Waals surface area contributed by atoms with Crippen LogP contribution in [0.2, 0.25) is 0 Å². The highest BCUT2D eigenvalue weighted by Gasteiger charge is 2.23. The van der Waals surface area contributed by atoms with Gasteiger partial charge in [-0.05, 0) is 60.4 Å². The van der Waals surface area contributed by atoms with E-state index in [1.807, 2.05) is 17.0 Å². The molecule has 4 rings (SSSR count). The van der Waals surface area contributed by atoms with E-state index >= 15 is 0 Å². The fourth-order valence-corrected chi connectivity index (χ4v) is 4.97. The second-order valence-corrected chi connectivity index (χ2v) is 9.60. The zero-order chi connectivity index (χ0) is 24.3. The maximum absolute atomic E-state index is 12.7. The maximum atomic E-state index is 12.7. The summed E-state index contributed by atoms with van der Waals surface area (Å²) < 4.78 is 32.9. The zero-order valence-electron chi connectivity index (χ0n) is 18.9. The molecule has 0 radical (unpaired) electrons. The van der Waals surface area contributed by atoms with Crippen molar-refractivity contribution in [2.24, 2.45) is 0 Å². The highest BCUT2D eigenvalue weighted by atomic mass is 32.2. The van der Waals surface area contributed by atoms with Gasteiger partial charge in [-0.3, -0.25) is 4.72 Å². The number of carbonyl (C=O) groups is 1. The molecule has 0 amide bonds. The summed E-state index contributed by atoms with van der Waals surface area (Å²) in [6.07, 6.45) is 4.17. The van der Waals surface area contributed by atoms with Crippen molar-refractivity contribution in [3.63, 3.8) is 0 Å². The molecule has 2 aromatic carbocycles. The minimum absolute atomic E-state index is 0.0270. The number of ether oxygens (including phenoxy) is 1. The summed E-state index contributed by atoms with van der Waals surface area (Å²) in [6, 6.07) is 15.3. The Morgan fingerprint density at radius 2 is 1.88 bits per heavy atom. The summed E-state index contributed by atoms with van der Waals surface area (Å²) in [5, 5.41) is 9.79. The van der Waals surface area contributed by atoms with Gasteiger partial charge in [-0.1, -0.05) is 30.3 Å². The number of carboxylic acid groups (broad SMARTS) is 1. The minimum atomic E-state index is -3.92. The summed E-state index contributed by atoms with van der Waals surface area (Å²) in [6.45, 7) is 3.18. The summed E-state index contributed by atoms with van der Waals surface area (Å²) in [5.41, 5.74) is 3.61. The number of aromatic nitrogens is 1. The summed E-state index contributed by atoms with van der Waals surface area (Å²) in [7, 11) is -2.43. The Kier molecular flexibility index (Phi) is 6.56. The van der Waals surface area contributed by atoms with Crippen LogP contribution in [0.4, 0.5) is 11.5 Å². The first-order chi connectivity index (χ1) is 16.3. The topological polar surface area (TPSA) is 109 Å². The Hall–Kier alpha value is -3.85. The molecule has 34 heavy (non-hydrogen) atoms. The van der Waals surface area contributed by atoms with Crippen LogP contribution in [0.5, 0.6) is 5.75 Å². The van der Waals surface area contributed by atoms with Crippen molar-refractivity contribution >= 4 is 33.1 Å². The van der Waals surface area contributed by atoms with Crippen molar-refractivity contribution in [3.8, 4) is 5.75 Å². The molecule has 1 aliphatic heterocycles. The third-order valence-electron chi connectivity index (χ3n) is 5.72. The van der Waals surface area contributed by atoms with Crippen molar-refractivity contribution in [2.75, 3.05) is 29.8 Å². The highest BCUT2D eigenvalue weighted by Crippen LogP contribution is 2.30. The van der Waals surface area contributed by atoms with Crippen LogP contribution >= 0.6 is 0 Å². The molecule has 0 saturated carbocycles. The number of hydrogen-bond donors (Lipinski definition) is 2. The van der Waals surface area contributed by atoms with E-state index < -0.39 is 16.0 Å². The number of rotatable bonds is 7. The molecule has 1 aromatic heterocycles. The molecule has 0 unspecified atom stereocenters. The molecule has 0 bridgehead atoms. The van der Waals surface area contributed by atoms with Crippen molar-refractivity contribution in [2.45, 2.75) is 18.2 Å². The third kappa shape index (κ3) is 4.89. The molecular formula is C25H25N3O5S. The monoisotopic (exact) mass is 479 g/mol. The van der Waals surface area contributed by atoms with Crippen molar-refractivity contribution in [1.82, 2.24) is 4.98 Å². The predicted molar refractivity (Wildman–Crippen MR) is 131 cm³/mol. The molecule has 0 spiro atoms. The first-order valence-corrected chi connectivity index (χ1v) is 12.2. The number of nitrogens with zero attached hydrogens (tertiary/aromatic N) is 2. The van der Waals surface area contributed by atoms with Crippen molar-refractivity contribution in [1.29, 1.82) is 0 Å². The lowest BCUT2D eigenvalue weighted by Gasteiger charge is -2.29. The quantitative estimate of drug-likeness (QED) is 0.523. The van der Waals surface area contributed by atoms with E-state index in [0.29, 0.717) is 24.7 Å². The van der Waals surface area contributed by atoms with Crippen LogP contribution < -0.4 is 14.4 Å². The van der Waals surface area contributed by atoms with Crippen LogP contribution in [-0.4, -0.2) is 44.7 Å². The SMILES string of the molecule is COc1ccc(S(=O)(=O)Nc2cnc(N3CC=C(c4ccccc4C)CC3)c(C(=O)O)c2)cc1. The number of hydrogen-bond acceptors (Lipinski definition) is 6. The van der Waals surface area contributed by atoms with E-state index in [4.69, 9.17) is 4.74 Å². The number of pyridine rings is 1. The second kappa shape index (κ2) is 9.56. The summed E-state index contributed by atoms with van der Waals surface area (Å²) in [4.78, 5) is 18.2. The van der Waals surface area contributed by atoms with Gasteiger partial charge in [0.25, 0.3) is 10.0 Å². The number of nitrogens with one attached hydrogen (secondary N) is 1. The van der Waals surface area contributed by atoms with Crippen molar-refractivity contribution < 1.29 is 23.1 Å². The normalized spacial score (nSPS) is 13.8. The molecule has 2 N–H and O–H groups in total. The van der Waals surface area contributed by atoms with E-state index in [0.717, 1.165) is 6.42 Å². The lowest BCUT2D eigenvalue weighted by atomic mass is 9.95. The van der Waals surface area contributed by atoms with Gasteiger partial charge in [0.2, 0.25) is 0 Å². The minimum Gasteiger partial charge on any atom is -0.497 e. The standard InChI is InChI=1S/C25H25N3O5S/c1-17-5-3-4-6-22(17)18-11-13-28(14-12-18)24-23(25(29)30)15-19(16-26-24)27-34(31,32)21-9-7-20(33-2)8-10-21/h3-11,15-16,27H,12-14H2,1-2H3,(H,29,30). The third-order valence-corrected chi connectivity index (χ3v) is 7.12. The molecule has 0 saturated heterocycles. The lowest BCUT2D eigenvalue weighted by molar-refractivity contribution is 0.0697. The van der Waals surface area contributed by atoms with Crippen LogP contribution in [-0.2, 0) is 10.0 Å². The Morgan fingerprint density at radius 1 is 1.15 bits per heavy atom. The second-order valence-electron chi connectivity index (χ2n) is 7.92. The fourth-order valence-electron chi connectivity index (χ4n) is 3.93. The van der Waals surface area contributed by atoms with E-state index in [2.05, 4.69) is 34.8 Å². The lowest BCUT2D eigenvalue weighted by Crippen LogP contribution is -2.30. The maximum Gasteiger partial charge on any atom is 0.339 e. The van der Waals surface area contributed by atoms with Gasteiger partial charge in [0.1, 0.15) is 17.1 Å². The van der Waals surface area contributed by atoms with Crippen LogP contribution in [0.1, 0.15) is 27.9 Å².